The van der Waals surface area contributed by atoms with Gasteiger partial charge in [-0.25, -0.2) is 4.90 Å². The van der Waals surface area contributed by atoms with Crippen molar-refractivity contribution >= 4 is 17.5 Å². The minimum absolute atomic E-state index is 0.0789. The van der Waals surface area contributed by atoms with Crippen molar-refractivity contribution in [1.29, 1.82) is 0 Å². The van der Waals surface area contributed by atoms with Gasteiger partial charge in [-0.1, -0.05) is 69.7 Å². The highest BCUT2D eigenvalue weighted by Crippen LogP contribution is 2.61. The van der Waals surface area contributed by atoms with Crippen molar-refractivity contribution in [2.45, 2.75) is 51.4 Å². The van der Waals surface area contributed by atoms with Gasteiger partial charge in [0.05, 0.1) is 24.1 Å². The standard InChI is InChI=1S/C31H31NO3/c1-4-5-16-35-21-13-11-20(12-14-21)32-30(33)28-26-22-8-6-7-9-23(22)27(29(28)31(32)34)25-17-19(18(2)3)10-15-24(25)26/h6-15,17-18,26-29H,4-5,16H2,1-3H3/t26-,27-,28+,29+/m1/s1. The van der Waals surface area contributed by atoms with Crippen LogP contribution in [0.15, 0.2) is 66.7 Å². The van der Waals surface area contributed by atoms with Crippen molar-refractivity contribution in [2.75, 3.05) is 11.5 Å². The van der Waals surface area contributed by atoms with E-state index in [4.69, 9.17) is 4.74 Å². The second-order valence-electron chi connectivity index (χ2n) is 10.4. The summed E-state index contributed by atoms with van der Waals surface area (Å²) in [5.41, 5.74) is 6.75. The Balaban J connectivity index is 1.41. The van der Waals surface area contributed by atoms with Gasteiger partial charge in [-0.05, 0) is 64.4 Å². The van der Waals surface area contributed by atoms with Crippen LogP contribution < -0.4 is 9.64 Å². The van der Waals surface area contributed by atoms with Gasteiger partial charge in [0.1, 0.15) is 5.75 Å². The Morgan fingerprint density at radius 1 is 0.800 bits per heavy atom. The third-order valence-electron chi connectivity index (χ3n) is 8.09. The van der Waals surface area contributed by atoms with Crippen LogP contribution in [0, 0.1) is 11.8 Å². The molecule has 1 aliphatic heterocycles. The lowest BCUT2D eigenvalue weighted by atomic mass is 9.54. The van der Waals surface area contributed by atoms with E-state index in [-0.39, 0.29) is 35.5 Å². The number of hydrogen-bond donors (Lipinski definition) is 0. The Morgan fingerprint density at radius 2 is 1.40 bits per heavy atom. The molecule has 1 heterocycles. The molecule has 3 aromatic carbocycles. The zero-order valence-electron chi connectivity index (χ0n) is 20.5. The van der Waals surface area contributed by atoms with Gasteiger partial charge < -0.3 is 4.74 Å². The van der Waals surface area contributed by atoms with Crippen LogP contribution in [0.4, 0.5) is 5.69 Å². The average Bonchev–Trinajstić information content (AvgIpc) is 3.14. The van der Waals surface area contributed by atoms with E-state index < -0.39 is 0 Å². The number of ether oxygens (including phenoxy) is 1. The van der Waals surface area contributed by atoms with E-state index in [2.05, 4.69) is 57.2 Å². The molecule has 7 rings (SSSR count). The highest BCUT2D eigenvalue weighted by Gasteiger charge is 2.61. The van der Waals surface area contributed by atoms with Crippen LogP contribution in [-0.2, 0) is 9.59 Å². The molecule has 0 N–H and O–H groups in total. The van der Waals surface area contributed by atoms with Crippen LogP contribution in [-0.4, -0.2) is 18.4 Å². The number of hydrogen-bond acceptors (Lipinski definition) is 3. The quantitative estimate of drug-likeness (QED) is 0.313. The van der Waals surface area contributed by atoms with Crippen LogP contribution in [0.5, 0.6) is 5.75 Å². The molecule has 0 saturated carbocycles. The fraction of sp³-hybridized carbons (Fsp3) is 0.355. The summed E-state index contributed by atoms with van der Waals surface area (Å²) in [5.74, 6) is 0.108. The molecule has 0 aromatic heterocycles. The molecular weight excluding hydrogens is 434 g/mol. The second kappa shape index (κ2) is 8.37. The average molecular weight is 466 g/mol. The smallest absolute Gasteiger partial charge is 0.238 e. The van der Waals surface area contributed by atoms with E-state index in [0.29, 0.717) is 18.2 Å². The molecule has 4 heteroatoms. The number of carbonyl (C=O) groups is 2. The summed E-state index contributed by atoms with van der Waals surface area (Å²) < 4.78 is 5.78. The normalized spacial score (nSPS) is 23.9. The predicted molar refractivity (Wildman–Crippen MR) is 137 cm³/mol. The maximum atomic E-state index is 13.9. The van der Waals surface area contributed by atoms with Crippen LogP contribution in [0.1, 0.15) is 79.2 Å². The van der Waals surface area contributed by atoms with E-state index in [0.717, 1.165) is 18.6 Å². The van der Waals surface area contributed by atoms with E-state index in [9.17, 15) is 9.59 Å². The number of imide groups is 1. The molecule has 4 nitrogen and oxygen atoms in total. The second-order valence-corrected chi connectivity index (χ2v) is 10.4. The molecule has 0 radical (unpaired) electrons. The summed E-state index contributed by atoms with van der Waals surface area (Å²) in [6.45, 7) is 7.19. The molecule has 0 spiro atoms. The highest BCUT2D eigenvalue weighted by molar-refractivity contribution is 6.23. The molecule has 3 aliphatic carbocycles. The van der Waals surface area contributed by atoms with Gasteiger partial charge in [-0.2, -0.15) is 0 Å². The lowest BCUT2D eigenvalue weighted by Crippen LogP contribution is -2.41. The van der Waals surface area contributed by atoms with Crippen molar-refractivity contribution < 1.29 is 14.3 Å². The first kappa shape index (κ1) is 22.1. The summed E-state index contributed by atoms with van der Waals surface area (Å²) in [7, 11) is 0. The number of nitrogens with zero attached hydrogens (tertiary/aromatic N) is 1. The summed E-state index contributed by atoms with van der Waals surface area (Å²) in [5, 5.41) is 0. The van der Waals surface area contributed by atoms with Gasteiger partial charge in [0, 0.05) is 11.8 Å². The first-order chi connectivity index (χ1) is 17.0. The molecule has 2 bridgehead atoms. The number of anilines is 1. The maximum Gasteiger partial charge on any atom is 0.238 e. The number of unbranched alkanes of at least 4 members (excludes halogenated alkanes) is 1. The molecule has 0 unspecified atom stereocenters. The molecule has 178 valence electrons. The number of rotatable bonds is 6. The molecule has 1 saturated heterocycles. The molecule has 1 fully saturated rings. The largest absolute Gasteiger partial charge is 0.494 e. The number of benzene rings is 3. The Bertz CT molecular complexity index is 1310. The van der Waals surface area contributed by atoms with Gasteiger partial charge in [-0.3, -0.25) is 9.59 Å². The van der Waals surface area contributed by atoms with Crippen LogP contribution in [0.3, 0.4) is 0 Å². The Labute approximate surface area is 206 Å². The van der Waals surface area contributed by atoms with Gasteiger partial charge >= 0.3 is 0 Å². The van der Waals surface area contributed by atoms with Crippen LogP contribution in [0.2, 0.25) is 0 Å². The third-order valence-corrected chi connectivity index (χ3v) is 8.09. The van der Waals surface area contributed by atoms with Crippen LogP contribution in [0.25, 0.3) is 0 Å². The summed E-state index contributed by atoms with van der Waals surface area (Å²) in [4.78, 5) is 29.3. The van der Waals surface area contributed by atoms with Gasteiger partial charge in [-0.15, -0.1) is 0 Å². The van der Waals surface area contributed by atoms with Gasteiger partial charge in [0.15, 0.2) is 0 Å². The van der Waals surface area contributed by atoms with Gasteiger partial charge in [0.2, 0.25) is 11.8 Å². The van der Waals surface area contributed by atoms with Crippen molar-refractivity contribution in [1.82, 2.24) is 0 Å². The maximum absolute atomic E-state index is 13.9. The third kappa shape index (κ3) is 3.26. The molecule has 35 heavy (non-hydrogen) atoms. The van der Waals surface area contributed by atoms with Crippen molar-refractivity contribution in [3.05, 3.63) is 94.5 Å². The Kier molecular flexibility index (Phi) is 5.28. The van der Waals surface area contributed by atoms with Gasteiger partial charge in [0.25, 0.3) is 0 Å². The Hall–Kier alpha value is -3.40. The monoisotopic (exact) mass is 465 g/mol. The molecule has 3 aromatic rings. The molecular formula is C31H31NO3. The summed E-state index contributed by atoms with van der Waals surface area (Å²) in [6, 6.07) is 22.5. The molecule has 4 aliphatic rings. The first-order valence-corrected chi connectivity index (χ1v) is 12.8. The van der Waals surface area contributed by atoms with E-state index in [1.54, 1.807) is 0 Å². The fourth-order valence-corrected chi connectivity index (χ4v) is 6.39. The van der Waals surface area contributed by atoms with Crippen molar-refractivity contribution in [3.8, 4) is 5.75 Å². The van der Waals surface area contributed by atoms with Crippen molar-refractivity contribution in [2.24, 2.45) is 11.8 Å². The molecule has 4 atom stereocenters. The Morgan fingerprint density at radius 3 is 2.00 bits per heavy atom. The lowest BCUT2D eigenvalue weighted by molar-refractivity contribution is -0.122. The number of amides is 2. The predicted octanol–water partition coefficient (Wildman–Crippen LogP) is 6.39. The van der Waals surface area contributed by atoms with E-state index in [1.165, 1.54) is 32.7 Å². The zero-order chi connectivity index (χ0) is 24.3. The minimum Gasteiger partial charge on any atom is -0.494 e. The first-order valence-electron chi connectivity index (χ1n) is 12.8. The SMILES string of the molecule is CCCCOc1ccc(N2C(=O)[C@H]3[C@@H]4c5ccccc5[C@H](c5cc(C(C)C)ccc54)[C@@H]3C2=O)cc1. The van der Waals surface area contributed by atoms with E-state index >= 15 is 0 Å². The summed E-state index contributed by atoms with van der Waals surface area (Å²) >= 11 is 0. The van der Waals surface area contributed by atoms with E-state index in [1.807, 2.05) is 30.3 Å². The summed E-state index contributed by atoms with van der Waals surface area (Å²) in [6.07, 6.45) is 2.07. The minimum atomic E-state index is -0.363. The van der Waals surface area contributed by atoms with Crippen LogP contribution >= 0.6 is 0 Å². The fourth-order valence-electron chi connectivity index (χ4n) is 6.39. The lowest BCUT2D eigenvalue weighted by Gasteiger charge is -2.46. The number of carbonyl (C=O) groups excluding carboxylic acids is 2. The zero-order valence-corrected chi connectivity index (χ0v) is 20.5. The molecule has 2 amide bonds. The van der Waals surface area contributed by atoms with Crippen molar-refractivity contribution in [3.63, 3.8) is 0 Å². The topological polar surface area (TPSA) is 46.6 Å². The highest BCUT2D eigenvalue weighted by atomic mass is 16.5.